The summed E-state index contributed by atoms with van der Waals surface area (Å²) >= 11 is 0. The number of amides is 1. The Morgan fingerprint density at radius 1 is 1.27 bits per heavy atom. The van der Waals surface area contributed by atoms with Crippen LogP contribution in [0.5, 0.6) is 0 Å². The van der Waals surface area contributed by atoms with Crippen LogP contribution in [-0.4, -0.2) is 70.9 Å². The smallest absolute Gasteiger partial charge is 0.251 e. The van der Waals surface area contributed by atoms with E-state index >= 15 is 0 Å². The normalized spacial score (nSPS) is 16.3. The number of aliphatic hydroxyl groups is 1. The summed E-state index contributed by atoms with van der Waals surface area (Å²) in [5.74, 6) is 6.76. The number of likely N-dealkylation sites (tertiary alicyclic amines) is 1. The first kappa shape index (κ1) is 24.0. The maximum Gasteiger partial charge on any atom is 0.251 e. The molecule has 2 atom stereocenters. The Balaban J connectivity index is 1.87. The summed E-state index contributed by atoms with van der Waals surface area (Å²) in [6.45, 7) is 4.53. The molecule has 2 heterocycles. The van der Waals surface area contributed by atoms with Crippen molar-refractivity contribution in [1.29, 1.82) is 5.41 Å². The van der Waals surface area contributed by atoms with Crippen LogP contribution in [0.1, 0.15) is 36.5 Å². The molecule has 9 nitrogen and oxygen atoms in total. The Bertz CT molecular complexity index is 1090. The van der Waals surface area contributed by atoms with E-state index in [2.05, 4.69) is 37.8 Å². The molecule has 3 rings (SSSR count). The van der Waals surface area contributed by atoms with Crippen LogP contribution in [0.2, 0.25) is 0 Å². The second kappa shape index (κ2) is 10.8. The van der Waals surface area contributed by atoms with Gasteiger partial charge in [0.25, 0.3) is 5.91 Å². The van der Waals surface area contributed by atoms with Crippen molar-refractivity contribution in [2.24, 2.45) is 0 Å². The van der Waals surface area contributed by atoms with Crippen molar-refractivity contribution in [1.82, 2.24) is 14.9 Å². The molecule has 1 aromatic heterocycles. The number of nitrogens with zero attached hydrogens (tertiary/aromatic N) is 3. The van der Waals surface area contributed by atoms with E-state index in [4.69, 9.17) is 5.41 Å². The number of carbonyl (C=O) groups is 1. The molecule has 1 aliphatic rings. The zero-order valence-electron chi connectivity index (χ0n) is 19.5. The Kier molecular flexibility index (Phi) is 7.85. The fourth-order valence-corrected chi connectivity index (χ4v) is 3.78. The maximum atomic E-state index is 12.2. The third-order valence-corrected chi connectivity index (χ3v) is 5.61. The molecular weight excluding hydrogens is 418 g/mol. The minimum Gasteiger partial charge on any atom is -0.388 e. The van der Waals surface area contributed by atoms with Gasteiger partial charge in [0.2, 0.25) is 0 Å². The van der Waals surface area contributed by atoms with Crippen molar-refractivity contribution in [3.63, 3.8) is 0 Å². The summed E-state index contributed by atoms with van der Waals surface area (Å²) in [4.78, 5) is 22.5. The predicted octanol–water partition coefficient (Wildman–Crippen LogP) is 2.07. The van der Waals surface area contributed by atoms with E-state index < -0.39 is 6.10 Å². The summed E-state index contributed by atoms with van der Waals surface area (Å²) in [5.41, 5.74) is 3.38. The Labute approximate surface area is 194 Å². The van der Waals surface area contributed by atoms with E-state index in [1.807, 2.05) is 32.2 Å². The summed E-state index contributed by atoms with van der Waals surface area (Å²) in [6.07, 6.45) is 2.06. The van der Waals surface area contributed by atoms with Crippen LogP contribution in [0.3, 0.4) is 0 Å². The van der Waals surface area contributed by atoms with E-state index in [9.17, 15) is 9.90 Å². The lowest BCUT2D eigenvalue weighted by Gasteiger charge is -2.34. The average molecular weight is 450 g/mol. The first-order valence-corrected chi connectivity index (χ1v) is 11.0. The van der Waals surface area contributed by atoms with Gasteiger partial charge in [0.05, 0.1) is 5.56 Å². The second-order valence-corrected chi connectivity index (χ2v) is 8.04. The Hall–Kier alpha value is -3.64. The molecule has 1 fully saturated rings. The van der Waals surface area contributed by atoms with Crippen LogP contribution < -0.4 is 16.0 Å². The zero-order chi connectivity index (χ0) is 24.0. The standard InChI is InChI=1S/C24H31N7O2/c1-15-7-9-18(26-3)12-17(15)8-10-20(25)21-22(27-4)28-14-29-23(21)30-19-6-5-11-31(13-19)24(33)16(2)32/h7,9,12,14,16,19,25-26,32H,5-6,11,13H2,1-4H3,(H2,27,28,29,30). The van der Waals surface area contributed by atoms with Gasteiger partial charge < -0.3 is 26.0 Å². The summed E-state index contributed by atoms with van der Waals surface area (Å²) in [7, 11) is 3.59. The van der Waals surface area contributed by atoms with Crippen LogP contribution >= 0.6 is 0 Å². The largest absolute Gasteiger partial charge is 0.388 e. The van der Waals surface area contributed by atoms with Gasteiger partial charge >= 0.3 is 0 Å². The molecule has 1 aliphatic heterocycles. The lowest BCUT2D eigenvalue weighted by molar-refractivity contribution is -0.140. The topological polar surface area (TPSA) is 126 Å². The summed E-state index contributed by atoms with van der Waals surface area (Å²) in [5, 5.41) is 27.8. The highest BCUT2D eigenvalue weighted by Gasteiger charge is 2.27. The van der Waals surface area contributed by atoms with Gasteiger partial charge in [-0.15, -0.1) is 0 Å². The number of anilines is 3. The SMILES string of the molecule is CNc1ccc(C)c(C#CC(=N)c2c(NC)ncnc2NC2CCCN(C(=O)C(C)O)C2)c1. The number of rotatable bonds is 6. The molecule has 1 amide bonds. The van der Waals surface area contributed by atoms with Crippen molar-refractivity contribution in [3.8, 4) is 11.8 Å². The first-order valence-electron chi connectivity index (χ1n) is 11.0. The van der Waals surface area contributed by atoms with E-state index in [0.29, 0.717) is 30.3 Å². The molecule has 174 valence electrons. The fraction of sp³-hybridized carbons (Fsp3) is 0.417. The maximum absolute atomic E-state index is 12.2. The quantitative estimate of drug-likeness (QED) is 0.338. The molecule has 5 N–H and O–H groups in total. The minimum atomic E-state index is -1.03. The number of piperidine rings is 1. The lowest BCUT2D eigenvalue weighted by atomic mass is 10.0. The molecule has 1 saturated heterocycles. The molecule has 0 radical (unpaired) electrons. The molecule has 2 aromatic rings. The van der Waals surface area contributed by atoms with Gasteiger partial charge in [-0.2, -0.15) is 0 Å². The van der Waals surface area contributed by atoms with E-state index in [-0.39, 0.29) is 17.7 Å². The predicted molar refractivity (Wildman–Crippen MR) is 131 cm³/mol. The van der Waals surface area contributed by atoms with Gasteiger partial charge in [0, 0.05) is 44.5 Å². The summed E-state index contributed by atoms with van der Waals surface area (Å²) < 4.78 is 0. The molecule has 0 saturated carbocycles. The number of aromatic nitrogens is 2. The molecule has 9 heteroatoms. The summed E-state index contributed by atoms with van der Waals surface area (Å²) in [6, 6.07) is 5.86. The third kappa shape index (κ3) is 5.79. The number of aliphatic hydroxyl groups excluding tert-OH is 1. The highest BCUT2D eigenvalue weighted by Crippen LogP contribution is 2.23. The van der Waals surface area contributed by atoms with Crippen LogP contribution in [0.25, 0.3) is 0 Å². The number of nitrogens with one attached hydrogen (secondary N) is 4. The van der Waals surface area contributed by atoms with Crippen LogP contribution in [0.15, 0.2) is 24.5 Å². The molecule has 2 unspecified atom stereocenters. The van der Waals surface area contributed by atoms with Gasteiger partial charge in [-0.1, -0.05) is 12.0 Å². The number of benzene rings is 1. The van der Waals surface area contributed by atoms with E-state index in [1.165, 1.54) is 13.3 Å². The molecule has 0 aliphatic carbocycles. The number of hydrogen-bond acceptors (Lipinski definition) is 8. The van der Waals surface area contributed by atoms with Crippen molar-refractivity contribution < 1.29 is 9.90 Å². The molecule has 33 heavy (non-hydrogen) atoms. The molecule has 0 bridgehead atoms. The zero-order valence-corrected chi connectivity index (χ0v) is 19.5. The van der Waals surface area contributed by atoms with Crippen LogP contribution in [0, 0.1) is 24.2 Å². The average Bonchev–Trinajstić information content (AvgIpc) is 2.82. The van der Waals surface area contributed by atoms with Crippen molar-refractivity contribution in [2.75, 3.05) is 43.1 Å². The van der Waals surface area contributed by atoms with Crippen molar-refractivity contribution in [3.05, 3.63) is 41.2 Å². The van der Waals surface area contributed by atoms with E-state index in [0.717, 1.165) is 29.7 Å². The molecular formula is C24H31N7O2. The number of hydrogen-bond donors (Lipinski definition) is 5. The Morgan fingerprint density at radius 3 is 2.73 bits per heavy atom. The first-order chi connectivity index (χ1) is 15.8. The molecule has 0 spiro atoms. The van der Waals surface area contributed by atoms with E-state index in [1.54, 1.807) is 11.9 Å². The Morgan fingerprint density at radius 2 is 2.03 bits per heavy atom. The van der Waals surface area contributed by atoms with Gasteiger partial charge in [0.15, 0.2) is 0 Å². The number of carbonyl (C=O) groups excluding carboxylic acids is 1. The van der Waals surface area contributed by atoms with Gasteiger partial charge in [0.1, 0.15) is 29.8 Å². The van der Waals surface area contributed by atoms with Crippen LogP contribution in [0.4, 0.5) is 17.3 Å². The van der Waals surface area contributed by atoms with Crippen molar-refractivity contribution in [2.45, 2.75) is 38.8 Å². The molecule has 1 aromatic carbocycles. The van der Waals surface area contributed by atoms with Gasteiger partial charge in [-0.05, 0) is 50.3 Å². The highest BCUT2D eigenvalue weighted by molar-refractivity contribution is 6.16. The monoisotopic (exact) mass is 449 g/mol. The van der Waals surface area contributed by atoms with Gasteiger partial charge in [-0.3, -0.25) is 10.2 Å². The van der Waals surface area contributed by atoms with Crippen molar-refractivity contribution >= 4 is 28.9 Å². The van der Waals surface area contributed by atoms with Crippen LogP contribution in [-0.2, 0) is 4.79 Å². The van der Waals surface area contributed by atoms with Gasteiger partial charge in [-0.25, -0.2) is 9.97 Å². The second-order valence-electron chi connectivity index (χ2n) is 8.04. The lowest BCUT2D eigenvalue weighted by Crippen LogP contribution is -2.48. The number of aryl methyl sites for hydroxylation is 1. The minimum absolute atomic E-state index is 0.0601. The third-order valence-electron chi connectivity index (χ3n) is 5.61. The fourth-order valence-electron chi connectivity index (χ4n) is 3.78. The highest BCUT2D eigenvalue weighted by atomic mass is 16.3.